The molecule has 1 aliphatic carbocycles. The average Bonchev–Trinajstić information content (AvgIpc) is 2.72. The van der Waals surface area contributed by atoms with E-state index in [1.54, 1.807) is 0 Å². The molecule has 6 heteroatoms. The van der Waals surface area contributed by atoms with Crippen LogP contribution < -0.4 is 5.32 Å². The average molecular weight is 382 g/mol. The minimum atomic E-state index is -0.0768. The van der Waals surface area contributed by atoms with Crippen LogP contribution in [0, 0.1) is 5.92 Å². The zero-order valence-corrected chi connectivity index (χ0v) is 17.4. The Labute approximate surface area is 165 Å². The highest BCUT2D eigenvalue weighted by Crippen LogP contribution is 2.20. The number of carbonyl (C=O) groups excluding carboxylic acids is 1. The van der Waals surface area contributed by atoms with Gasteiger partial charge in [-0.3, -0.25) is 9.79 Å². The van der Waals surface area contributed by atoms with E-state index in [1.165, 1.54) is 45.6 Å². The predicted octanol–water partition coefficient (Wildman–Crippen LogP) is 3.36. The molecule has 0 aromatic heterocycles. The molecule has 0 atom stereocenters. The van der Waals surface area contributed by atoms with Crippen LogP contribution in [0.15, 0.2) is 4.99 Å². The number of carbonyl (C=O) groups is 1. The Kier molecular flexibility index (Phi) is 10.6. The number of hydrogen-bond donors (Lipinski definition) is 1. The Hall–Kier alpha value is -1.30. The second kappa shape index (κ2) is 13.0. The zero-order chi connectivity index (χ0) is 19.3. The number of hydrogen-bond acceptors (Lipinski definition) is 4. The molecule has 1 aliphatic heterocycles. The Balaban J connectivity index is 1.61. The van der Waals surface area contributed by atoms with Crippen molar-refractivity contribution in [2.45, 2.75) is 77.2 Å². The number of unbranched alkanes of at least 4 members (excludes halogenated alkanes) is 2. The largest absolute Gasteiger partial charge is 0.469 e. The second-order valence-electron chi connectivity index (χ2n) is 7.71. The number of ether oxygens (including phenoxy) is 2. The number of nitrogens with one attached hydrogen (secondary N) is 1. The molecule has 1 saturated heterocycles. The van der Waals surface area contributed by atoms with Gasteiger partial charge in [0.05, 0.1) is 19.1 Å². The SMILES string of the molecule is CCNC(=NCCCCCOC1CCCCC1)N1CCC(C(=O)OC)CC1. The van der Waals surface area contributed by atoms with Crippen molar-refractivity contribution in [1.29, 1.82) is 0 Å². The van der Waals surface area contributed by atoms with Gasteiger partial charge in [-0.2, -0.15) is 0 Å². The van der Waals surface area contributed by atoms with Crippen LogP contribution in [0.5, 0.6) is 0 Å². The van der Waals surface area contributed by atoms with Gasteiger partial charge in [-0.05, 0) is 51.9 Å². The Morgan fingerprint density at radius 2 is 1.81 bits per heavy atom. The molecule has 0 amide bonds. The smallest absolute Gasteiger partial charge is 0.308 e. The second-order valence-corrected chi connectivity index (χ2v) is 7.71. The molecule has 27 heavy (non-hydrogen) atoms. The van der Waals surface area contributed by atoms with Crippen molar-refractivity contribution in [3.8, 4) is 0 Å². The van der Waals surface area contributed by atoms with Gasteiger partial charge in [-0.25, -0.2) is 0 Å². The summed E-state index contributed by atoms with van der Waals surface area (Å²) in [5, 5.41) is 3.39. The van der Waals surface area contributed by atoms with Crippen molar-refractivity contribution in [3.05, 3.63) is 0 Å². The van der Waals surface area contributed by atoms with Gasteiger partial charge in [-0.1, -0.05) is 19.3 Å². The molecule has 0 aromatic rings. The number of esters is 1. The van der Waals surface area contributed by atoms with E-state index in [9.17, 15) is 4.79 Å². The summed E-state index contributed by atoms with van der Waals surface area (Å²) in [6, 6.07) is 0. The molecule has 0 bridgehead atoms. The van der Waals surface area contributed by atoms with Gasteiger partial charge in [0, 0.05) is 32.8 Å². The summed E-state index contributed by atoms with van der Waals surface area (Å²) in [5.41, 5.74) is 0. The number of guanidine groups is 1. The summed E-state index contributed by atoms with van der Waals surface area (Å²) in [5.74, 6) is 0.949. The minimum Gasteiger partial charge on any atom is -0.469 e. The molecule has 2 rings (SSSR count). The van der Waals surface area contributed by atoms with E-state index in [0.29, 0.717) is 6.10 Å². The van der Waals surface area contributed by atoms with Crippen LogP contribution in [-0.2, 0) is 14.3 Å². The molecule has 1 saturated carbocycles. The maximum Gasteiger partial charge on any atom is 0.308 e. The highest BCUT2D eigenvalue weighted by atomic mass is 16.5. The van der Waals surface area contributed by atoms with Crippen molar-refractivity contribution in [2.24, 2.45) is 10.9 Å². The molecular formula is C21H39N3O3. The minimum absolute atomic E-state index is 0.0401. The van der Waals surface area contributed by atoms with E-state index in [1.807, 2.05) is 0 Å². The van der Waals surface area contributed by atoms with Gasteiger partial charge in [0.15, 0.2) is 5.96 Å². The quantitative estimate of drug-likeness (QED) is 0.287. The lowest BCUT2D eigenvalue weighted by molar-refractivity contribution is -0.146. The van der Waals surface area contributed by atoms with Gasteiger partial charge >= 0.3 is 5.97 Å². The molecule has 1 N–H and O–H groups in total. The summed E-state index contributed by atoms with van der Waals surface area (Å²) in [7, 11) is 1.47. The highest BCUT2D eigenvalue weighted by molar-refractivity contribution is 5.80. The molecule has 0 unspecified atom stereocenters. The van der Waals surface area contributed by atoms with E-state index in [-0.39, 0.29) is 11.9 Å². The first kappa shape index (κ1) is 22.0. The summed E-state index contributed by atoms with van der Waals surface area (Å²) >= 11 is 0. The fourth-order valence-electron chi connectivity index (χ4n) is 3.98. The standard InChI is InChI=1S/C21H39N3O3/c1-3-22-21(24-15-12-18(13-16-24)20(25)26-2)23-14-8-5-9-17-27-19-10-6-4-7-11-19/h18-19H,3-17H2,1-2H3,(H,22,23). The summed E-state index contributed by atoms with van der Waals surface area (Å²) in [6.07, 6.45) is 12.2. The molecule has 1 heterocycles. The normalized spacial score (nSPS) is 19.9. The third-order valence-corrected chi connectivity index (χ3v) is 5.63. The van der Waals surface area contributed by atoms with Crippen LogP contribution in [0.3, 0.4) is 0 Å². The maximum absolute atomic E-state index is 11.7. The lowest BCUT2D eigenvalue weighted by atomic mass is 9.97. The van der Waals surface area contributed by atoms with E-state index in [0.717, 1.165) is 64.4 Å². The van der Waals surface area contributed by atoms with Crippen LogP contribution in [0.1, 0.15) is 71.1 Å². The number of aliphatic imine (C=N–C) groups is 1. The van der Waals surface area contributed by atoms with Crippen LogP contribution in [0.2, 0.25) is 0 Å². The van der Waals surface area contributed by atoms with Gasteiger partial charge in [-0.15, -0.1) is 0 Å². The fourth-order valence-corrected chi connectivity index (χ4v) is 3.98. The summed E-state index contributed by atoms with van der Waals surface area (Å²) < 4.78 is 10.9. The van der Waals surface area contributed by atoms with Crippen molar-refractivity contribution in [3.63, 3.8) is 0 Å². The van der Waals surface area contributed by atoms with Crippen molar-refractivity contribution < 1.29 is 14.3 Å². The van der Waals surface area contributed by atoms with Gasteiger partial charge in [0.2, 0.25) is 0 Å². The highest BCUT2D eigenvalue weighted by Gasteiger charge is 2.26. The molecule has 0 radical (unpaired) electrons. The van der Waals surface area contributed by atoms with Gasteiger partial charge in [0.25, 0.3) is 0 Å². The number of nitrogens with zero attached hydrogens (tertiary/aromatic N) is 2. The first-order chi connectivity index (χ1) is 13.2. The van der Waals surface area contributed by atoms with E-state index >= 15 is 0 Å². The third kappa shape index (κ3) is 8.08. The van der Waals surface area contributed by atoms with E-state index < -0.39 is 0 Å². The van der Waals surface area contributed by atoms with Crippen molar-refractivity contribution >= 4 is 11.9 Å². The third-order valence-electron chi connectivity index (χ3n) is 5.63. The summed E-state index contributed by atoms with van der Waals surface area (Å²) in [4.78, 5) is 18.7. The number of rotatable bonds is 9. The van der Waals surface area contributed by atoms with Crippen LogP contribution in [0.4, 0.5) is 0 Å². The molecule has 0 spiro atoms. The Bertz CT molecular complexity index is 442. The fraction of sp³-hybridized carbons (Fsp3) is 0.905. The van der Waals surface area contributed by atoms with Gasteiger partial charge < -0.3 is 19.7 Å². The molecule has 156 valence electrons. The summed E-state index contributed by atoms with van der Waals surface area (Å²) in [6.45, 7) is 6.43. The Morgan fingerprint density at radius 3 is 2.48 bits per heavy atom. The monoisotopic (exact) mass is 381 g/mol. The molecule has 0 aromatic carbocycles. The van der Waals surface area contributed by atoms with E-state index in [4.69, 9.17) is 14.5 Å². The Morgan fingerprint density at radius 1 is 1.07 bits per heavy atom. The lowest BCUT2D eigenvalue weighted by Gasteiger charge is -2.33. The molecule has 2 aliphatic rings. The molecule has 2 fully saturated rings. The zero-order valence-electron chi connectivity index (χ0n) is 17.4. The number of methoxy groups -OCH3 is 1. The number of piperidine rings is 1. The lowest BCUT2D eigenvalue weighted by Crippen LogP contribution is -2.46. The van der Waals surface area contributed by atoms with Crippen molar-refractivity contribution in [1.82, 2.24) is 10.2 Å². The topological polar surface area (TPSA) is 63.2 Å². The van der Waals surface area contributed by atoms with Crippen LogP contribution >= 0.6 is 0 Å². The van der Waals surface area contributed by atoms with Crippen LogP contribution in [0.25, 0.3) is 0 Å². The first-order valence-corrected chi connectivity index (χ1v) is 11.0. The first-order valence-electron chi connectivity index (χ1n) is 11.0. The van der Waals surface area contributed by atoms with Crippen molar-refractivity contribution in [2.75, 3.05) is 39.9 Å². The predicted molar refractivity (Wildman–Crippen MR) is 109 cm³/mol. The maximum atomic E-state index is 11.7. The van der Waals surface area contributed by atoms with E-state index in [2.05, 4.69) is 17.1 Å². The van der Waals surface area contributed by atoms with Crippen LogP contribution in [-0.4, -0.2) is 62.8 Å². The molecule has 6 nitrogen and oxygen atoms in total. The number of likely N-dealkylation sites (tertiary alicyclic amines) is 1. The van der Waals surface area contributed by atoms with Gasteiger partial charge in [0.1, 0.15) is 0 Å². The molecular weight excluding hydrogens is 342 g/mol.